The number of nitrogens with one attached hydrogen (secondary N) is 1. The molecule has 2 N–H and O–H groups in total. The first-order valence-corrected chi connectivity index (χ1v) is 16.1. The first-order chi connectivity index (χ1) is 23.2. The number of rotatable bonds is 17. The maximum absolute atomic E-state index is 13.3. The van der Waals surface area contributed by atoms with Crippen LogP contribution in [0, 0.1) is 6.92 Å². The number of aromatic nitrogens is 1. The first-order valence-electron chi connectivity index (χ1n) is 16.1. The summed E-state index contributed by atoms with van der Waals surface area (Å²) in [6.45, 7) is 4.18. The van der Waals surface area contributed by atoms with Crippen LogP contribution >= 0.6 is 0 Å². The second kappa shape index (κ2) is 18.0. The van der Waals surface area contributed by atoms with Gasteiger partial charge in [0.2, 0.25) is 0 Å². The van der Waals surface area contributed by atoms with E-state index >= 15 is 0 Å². The van der Waals surface area contributed by atoms with Gasteiger partial charge in [-0.2, -0.15) is 0 Å². The standard InChI is InChI=1S/C38H41N3O7/c1-3-4-5-6-7-8-23-47-32-19-13-30(14-20-32)38(46)48-33-17-9-28(10-18-33)25-41(26-35(42)43)37(45)29-11-15-31(16-12-29)40-36(44)34-24-27(2)21-22-39-34/h9-22,24H,3-8,23,25-26H2,1-2H3,(H,40,44)(H,42,43). The summed E-state index contributed by atoms with van der Waals surface area (Å²) in [6.07, 6.45) is 8.65. The van der Waals surface area contributed by atoms with Gasteiger partial charge in [-0.15, -0.1) is 0 Å². The Morgan fingerprint density at radius 3 is 2.10 bits per heavy atom. The first kappa shape index (κ1) is 35.3. The summed E-state index contributed by atoms with van der Waals surface area (Å²) in [5, 5.41) is 12.2. The maximum Gasteiger partial charge on any atom is 0.343 e. The topological polar surface area (TPSA) is 135 Å². The molecule has 4 rings (SSSR count). The van der Waals surface area contributed by atoms with Crippen molar-refractivity contribution >= 4 is 29.4 Å². The maximum atomic E-state index is 13.3. The molecule has 0 atom stereocenters. The summed E-state index contributed by atoms with van der Waals surface area (Å²) < 4.78 is 11.3. The summed E-state index contributed by atoms with van der Waals surface area (Å²) >= 11 is 0. The number of unbranched alkanes of at least 4 members (excludes halogenated alkanes) is 5. The highest BCUT2D eigenvalue weighted by Crippen LogP contribution is 2.20. The minimum absolute atomic E-state index is 0.0110. The van der Waals surface area contributed by atoms with Crippen LogP contribution in [0.5, 0.6) is 11.5 Å². The smallest absolute Gasteiger partial charge is 0.343 e. The molecular formula is C38H41N3O7. The highest BCUT2D eigenvalue weighted by Gasteiger charge is 2.20. The molecule has 2 amide bonds. The van der Waals surface area contributed by atoms with Crippen molar-refractivity contribution in [2.24, 2.45) is 0 Å². The molecule has 10 nitrogen and oxygen atoms in total. The fourth-order valence-corrected chi connectivity index (χ4v) is 4.91. The summed E-state index contributed by atoms with van der Waals surface area (Å²) in [4.78, 5) is 55.4. The molecule has 4 aromatic rings. The van der Waals surface area contributed by atoms with Crippen molar-refractivity contribution in [3.8, 4) is 11.5 Å². The number of pyridine rings is 1. The van der Waals surface area contributed by atoms with E-state index in [1.165, 1.54) is 42.7 Å². The van der Waals surface area contributed by atoms with Gasteiger partial charge in [-0.05, 0) is 97.3 Å². The molecule has 0 bridgehead atoms. The SMILES string of the molecule is CCCCCCCCOc1ccc(C(=O)Oc2ccc(CN(CC(=O)O)C(=O)c3ccc(NC(=O)c4cc(C)ccn4)cc3)cc2)cc1. The Morgan fingerprint density at radius 2 is 1.44 bits per heavy atom. The number of benzene rings is 3. The number of carbonyl (C=O) groups excluding carboxylic acids is 3. The Hall–Kier alpha value is -5.51. The van der Waals surface area contributed by atoms with Crippen molar-refractivity contribution in [3.63, 3.8) is 0 Å². The highest BCUT2D eigenvalue weighted by molar-refractivity contribution is 6.03. The number of aliphatic carboxylic acids is 1. The molecule has 10 heteroatoms. The minimum atomic E-state index is -1.16. The van der Waals surface area contributed by atoms with Crippen LogP contribution in [0.25, 0.3) is 0 Å². The number of carboxylic acids is 1. The van der Waals surface area contributed by atoms with Crippen LogP contribution in [0.4, 0.5) is 5.69 Å². The molecule has 0 aliphatic rings. The lowest BCUT2D eigenvalue weighted by Crippen LogP contribution is -2.35. The number of hydrogen-bond acceptors (Lipinski definition) is 7. The van der Waals surface area contributed by atoms with Crippen molar-refractivity contribution in [2.75, 3.05) is 18.5 Å². The van der Waals surface area contributed by atoms with Crippen LogP contribution in [-0.4, -0.2) is 51.9 Å². The zero-order chi connectivity index (χ0) is 34.3. The fraction of sp³-hybridized carbons (Fsp3) is 0.289. The number of esters is 1. The number of carbonyl (C=O) groups is 4. The lowest BCUT2D eigenvalue weighted by Gasteiger charge is -2.21. The van der Waals surface area contributed by atoms with Gasteiger partial charge in [-0.3, -0.25) is 19.4 Å². The number of anilines is 1. The van der Waals surface area contributed by atoms with Crippen molar-refractivity contribution in [1.82, 2.24) is 9.88 Å². The van der Waals surface area contributed by atoms with Gasteiger partial charge in [0.25, 0.3) is 11.8 Å². The number of carboxylic acid groups (broad SMARTS) is 1. The summed E-state index contributed by atoms with van der Waals surface area (Å²) in [6, 6.07) is 23.0. The van der Waals surface area contributed by atoms with Crippen LogP contribution in [0.15, 0.2) is 91.1 Å². The van der Waals surface area contributed by atoms with Gasteiger partial charge in [0.05, 0.1) is 12.2 Å². The van der Waals surface area contributed by atoms with Crippen molar-refractivity contribution in [2.45, 2.75) is 58.9 Å². The van der Waals surface area contributed by atoms with Crippen LogP contribution in [0.1, 0.15) is 87.8 Å². The third-order valence-corrected chi connectivity index (χ3v) is 7.52. The van der Waals surface area contributed by atoms with E-state index in [0.29, 0.717) is 34.9 Å². The Bertz CT molecular complexity index is 1670. The Balaban J connectivity index is 1.29. The van der Waals surface area contributed by atoms with Gasteiger partial charge < -0.3 is 24.8 Å². The van der Waals surface area contributed by atoms with Gasteiger partial charge >= 0.3 is 11.9 Å². The van der Waals surface area contributed by atoms with E-state index in [0.717, 1.165) is 18.4 Å². The van der Waals surface area contributed by atoms with Crippen molar-refractivity contribution in [3.05, 3.63) is 119 Å². The molecule has 0 aliphatic carbocycles. The van der Waals surface area contributed by atoms with Crippen LogP contribution in [0.3, 0.4) is 0 Å². The highest BCUT2D eigenvalue weighted by atomic mass is 16.5. The fourth-order valence-electron chi connectivity index (χ4n) is 4.91. The number of nitrogens with zero attached hydrogens (tertiary/aromatic N) is 2. The predicted octanol–water partition coefficient (Wildman–Crippen LogP) is 7.33. The minimum Gasteiger partial charge on any atom is -0.494 e. The van der Waals surface area contributed by atoms with E-state index in [4.69, 9.17) is 9.47 Å². The molecule has 250 valence electrons. The molecule has 0 saturated heterocycles. The van der Waals surface area contributed by atoms with Gasteiger partial charge in [-0.1, -0.05) is 51.2 Å². The summed E-state index contributed by atoms with van der Waals surface area (Å²) in [7, 11) is 0. The van der Waals surface area contributed by atoms with Crippen LogP contribution in [0.2, 0.25) is 0 Å². The molecule has 0 fully saturated rings. The number of aryl methyl sites for hydroxylation is 1. The number of amides is 2. The van der Waals surface area contributed by atoms with Crippen molar-refractivity contribution < 1.29 is 33.8 Å². The number of ether oxygens (including phenoxy) is 2. The van der Waals surface area contributed by atoms with E-state index in [9.17, 15) is 24.3 Å². The average Bonchev–Trinajstić information content (AvgIpc) is 3.08. The zero-order valence-electron chi connectivity index (χ0n) is 27.3. The molecule has 0 spiro atoms. The normalized spacial score (nSPS) is 10.6. The quantitative estimate of drug-likeness (QED) is 0.0689. The van der Waals surface area contributed by atoms with Crippen LogP contribution in [-0.2, 0) is 11.3 Å². The largest absolute Gasteiger partial charge is 0.494 e. The average molecular weight is 652 g/mol. The second-order valence-corrected chi connectivity index (χ2v) is 11.5. The third-order valence-electron chi connectivity index (χ3n) is 7.52. The van der Waals surface area contributed by atoms with Gasteiger partial charge in [0.1, 0.15) is 23.7 Å². The molecule has 3 aromatic carbocycles. The Kier molecular flexibility index (Phi) is 13.2. The van der Waals surface area contributed by atoms with Crippen molar-refractivity contribution in [1.29, 1.82) is 0 Å². The lowest BCUT2D eigenvalue weighted by atomic mass is 10.1. The lowest BCUT2D eigenvalue weighted by molar-refractivity contribution is -0.137. The Labute approximate surface area is 280 Å². The molecule has 1 aromatic heterocycles. The third kappa shape index (κ3) is 11.1. The summed E-state index contributed by atoms with van der Waals surface area (Å²) in [5.41, 5.74) is 2.90. The number of hydrogen-bond donors (Lipinski definition) is 2. The molecule has 0 saturated carbocycles. The van der Waals surface area contributed by atoms with E-state index in [1.807, 2.05) is 6.92 Å². The molecular weight excluding hydrogens is 610 g/mol. The van der Waals surface area contributed by atoms with Crippen LogP contribution < -0.4 is 14.8 Å². The Morgan fingerprint density at radius 1 is 0.792 bits per heavy atom. The molecule has 48 heavy (non-hydrogen) atoms. The van der Waals surface area contributed by atoms with E-state index in [2.05, 4.69) is 17.2 Å². The van der Waals surface area contributed by atoms with E-state index < -0.39 is 24.4 Å². The second-order valence-electron chi connectivity index (χ2n) is 11.5. The monoisotopic (exact) mass is 651 g/mol. The molecule has 1 heterocycles. The zero-order valence-corrected chi connectivity index (χ0v) is 27.3. The van der Waals surface area contributed by atoms with Gasteiger partial charge in [0.15, 0.2) is 0 Å². The molecule has 0 unspecified atom stereocenters. The molecule has 0 radical (unpaired) electrons. The van der Waals surface area contributed by atoms with E-state index in [1.54, 1.807) is 79.0 Å². The molecule has 0 aliphatic heterocycles. The van der Waals surface area contributed by atoms with E-state index in [-0.39, 0.29) is 23.7 Å². The predicted molar refractivity (Wildman–Crippen MR) is 182 cm³/mol. The van der Waals surface area contributed by atoms with Gasteiger partial charge in [-0.25, -0.2) is 4.79 Å². The summed E-state index contributed by atoms with van der Waals surface area (Å²) in [5.74, 6) is -1.57. The van der Waals surface area contributed by atoms with Gasteiger partial charge in [0, 0.05) is 24.0 Å².